The third kappa shape index (κ3) is 2.72. The molecule has 0 atom stereocenters. The minimum absolute atomic E-state index is 0. The van der Waals surface area contributed by atoms with Gasteiger partial charge in [0.25, 0.3) is 0 Å². The van der Waals surface area contributed by atoms with Gasteiger partial charge in [0.2, 0.25) is 0 Å². The summed E-state index contributed by atoms with van der Waals surface area (Å²) >= 11 is 5.44. The largest absolute Gasteiger partial charge is 0.505 e. The van der Waals surface area contributed by atoms with Crippen LogP contribution in [0.1, 0.15) is 10.4 Å². The second kappa shape index (κ2) is 5.21. The molecule has 12 heavy (non-hydrogen) atoms. The summed E-state index contributed by atoms with van der Waals surface area (Å²) in [4.78, 5) is 10.4. The summed E-state index contributed by atoms with van der Waals surface area (Å²) in [5.41, 5.74) is -0.183. The van der Waals surface area contributed by atoms with Crippen molar-refractivity contribution < 1.29 is 15.0 Å². The Balaban J connectivity index is 0.00000121. The van der Waals surface area contributed by atoms with Crippen LogP contribution in [0, 0.1) is 0 Å². The van der Waals surface area contributed by atoms with Gasteiger partial charge in [-0.25, -0.2) is 4.79 Å². The topological polar surface area (TPSA) is 57.5 Å². The first kappa shape index (κ1) is 12.4. The van der Waals surface area contributed by atoms with Gasteiger partial charge in [0.05, 0.1) is 5.02 Å². The summed E-state index contributed by atoms with van der Waals surface area (Å²) in [5.74, 6) is -1.58. The predicted octanol–water partition coefficient (Wildman–Crippen LogP) is 1.36. The number of phenols is 1. The van der Waals surface area contributed by atoms with E-state index in [0.717, 1.165) is 0 Å². The van der Waals surface area contributed by atoms with Crippen LogP contribution >= 0.6 is 11.6 Å². The van der Waals surface area contributed by atoms with Crippen LogP contribution in [-0.2, 0) is 0 Å². The Morgan fingerprint density at radius 1 is 1.42 bits per heavy atom. The number of carbonyl (C=O) groups is 1. The number of aromatic hydroxyl groups is 1. The Morgan fingerprint density at radius 3 is 2.42 bits per heavy atom. The molecule has 0 spiro atoms. The smallest absolute Gasteiger partial charge is 0.339 e. The Labute approximate surface area is 117 Å². The van der Waals surface area contributed by atoms with Gasteiger partial charge in [-0.3, -0.25) is 0 Å². The molecule has 1 aromatic rings. The zero-order valence-electron chi connectivity index (χ0n) is 6.41. The van der Waals surface area contributed by atoms with Crippen molar-refractivity contribution in [2.75, 3.05) is 0 Å². The minimum Gasteiger partial charge on any atom is -0.505 e. The van der Waals surface area contributed by atoms with Gasteiger partial charge < -0.3 is 10.2 Å². The van der Waals surface area contributed by atoms with Crippen molar-refractivity contribution in [3.63, 3.8) is 0 Å². The number of carboxylic acid groups (broad SMARTS) is 1. The molecule has 0 aliphatic carbocycles. The van der Waals surface area contributed by atoms with Crippen molar-refractivity contribution in [2.45, 2.75) is 0 Å². The van der Waals surface area contributed by atoms with Crippen molar-refractivity contribution in [1.82, 2.24) is 0 Å². The van der Waals surface area contributed by atoms with Gasteiger partial charge in [-0.15, -0.1) is 0 Å². The number of rotatable bonds is 1. The Morgan fingerprint density at radius 2 is 2.00 bits per heavy atom. The fraction of sp³-hybridized carbons (Fsp3) is 0. The summed E-state index contributed by atoms with van der Waals surface area (Å²) in [6.07, 6.45) is 0. The molecule has 59 valence electrons. The number of halogens is 1. The van der Waals surface area contributed by atoms with Gasteiger partial charge in [0.15, 0.2) is 0 Å². The monoisotopic (exact) mass is 211 g/mol. The molecular weight excluding hydrogens is 207 g/mol. The van der Waals surface area contributed by atoms with Gasteiger partial charge in [-0.2, -0.15) is 0 Å². The molecule has 1 radical (unpaired) electrons. The maximum Gasteiger partial charge on any atom is 0.339 e. The zero-order valence-corrected chi connectivity index (χ0v) is 10.3. The maximum atomic E-state index is 10.4. The van der Waals surface area contributed by atoms with Crippen LogP contribution in [-0.4, -0.2) is 67.6 Å². The van der Waals surface area contributed by atoms with E-state index in [1.165, 1.54) is 18.2 Å². The molecule has 0 aliphatic rings. The third-order valence-electron chi connectivity index (χ3n) is 1.22. The molecule has 0 aliphatic heterocycles. The van der Waals surface area contributed by atoms with Crippen molar-refractivity contribution >= 4 is 69.0 Å². The van der Waals surface area contributed by atoms with Gasteiger partial charge in [0, 0.05) is 51.4 Å². The fourth-order valence-corrected chi connectivity index (χ4v) is 0.862. The van der Waals surface area contributed by atoms with E-state index < -0.39 is 5.97 Å². The molecule has 0 saturated heterocycles. The Hall–Kier alpha value is 0.416. The molecule has 0 saturated carbocycles. The summed E-state index contributed by atoms with van der Waals surface area (Å²) in [7, 11) is 0. The van der Waals surface area contributed by atoms with E-state index >= 15 is 0 Å². The van der Waals surface area contributed by atoms with Crippen LogP contribution in [0.4, 0.5) is 0 Å². The summed E-state index contributed by atoms with van der Waals surface area (Å²) in [6, 6.07) is 4.17. The molecule has 0 amide bonds. The van der Waals surface area contributed by atoms with Gasteiger partial charge in [-0.1, -0.05) is 17.7 Å². The number of aromatic carboxylic acids is 1. The van der Waals surface area contributed by atoms with E-state index in [-0.39, 0.29) is 67.7 Å². The quantitative estimate of drug-likeness (QED) is 0.690. The van der Waals surface area contributed by atoms with E-state index in [9.17, 15) is 4.79 Å². The molecule has 0 unspecified atom stereocenters. The fourth-order valence-electron chi connectivity index (χ4n) is 0.688. The maximum absolute atomic E-state index is 10.4. The SMILES string of the molecule is O=C(O)c1cccc(Cl)c1O.[K]. The average Bonchev–Trinajstić information content (AvgIpc) is 1.94. The van der Waals surface area contributed by atoms with E-state index in [2.05, 4.69) is 0 Å². The summed E-state index contributed by atoms with van der Waals surface area (Å²) < 4.78 is 0. The van der Waals surface area contributed by atoms with Crippen molar-refractivity contribution in [1.29, 1.82) is 0 Å². The van der Waals surface area contributed by atoms with Crippen molar-refractivity contribution in [3.8, 4) is 5.75 Å². The van der Waals surface area contributed by atoms with Crippen LogP contribution in [0.15, 0.2) is 18.2 Å². The summed E-state index contributed by atoms with van der Waals surface area (Å²) in [5, 5.41) is 17.6. The van der Waals surface area contributed by atoms with Crippen LogP contribution in [0.25, 0.3) is 0 Å². The Kier molecular flexibility index (Phi) is 5.39. The average molecular weight is 212 g/mol. The standard InChI is InChI=1S/C7H5ClO3.K/c8-5-3-1-2-4(6(5)9)7(10)11;/h1-3,9H,(H,10,11);. The summed E-state index contributed by atoms with van der Waals surface area (Å²) in [6.45, 7) is 0. The van der Waals surface area contributed by atoms with Gasteiger partial charge >= 0.3 is 5.97 Å². The van der Waals surface area contributed by atoms with Crippen LogP contribution in [0.3, 0.4) is 0 Å². The molecule has 0 heterocycles. The second-order valence-corrected chi connectivity index (χ2v) is 2.35. The van der Waals surface area contributed by atoms with Gasteiger partial charge in [0.1, 0.15) is 11.3 Å². The number of carboxylic acids is 1. The van der Waals surface area contributed by atoms with E-state index in [1.807, 2.05) is 0 Å². The molecule has 0 aromatic heterocycles. The van der Waals surface area contributed by atoms with Crippen molar-refractivity contribution in [3.05, 3.63) is 28.8 Å². The molecule has 1 aromatic carbocycles. The molecule has 0 bridgehead atoms. The van der Waals surface area contributed by atoms with E-state index in [0.29, 0.717) is 0 Å². The number of hydrogen-bond acceptors (Lipinski definition) is 2. The Bertz CT molecular complexity index is 301. The first-order valence-corrected chi connectivity index (χ1v) is 3.21. The number of benzene rings is 1. The third-order valence-corrected chi connectivity index (χ3v) is 1.52. The zero-order chi connectivity index (χ0) is 8.43. The van der Waals surface area contributed by atoms with E-state index in [4.69, 9.17) is 21.8 Å². The van der Waals surface area contributed by atoms with Crippen LogP contribution in [0.5, 0.6) is 5.75 Å². The number of para-hydroxylation sites is 1. The van der Waals surface area contributed by atoms with Crippen LogP contribution < -0.4 is 0 Å². The molecule has 5 heteroatoms. The predicted molar refractivity (Wildman–Crippen MR) is 45.8 cm³/mol. The first-order chi connectivity index (χ1) is 5.13. The van der Waals surface area contributed by atoms with Crippen molar-refractivity contribution in [2.24, 2.45) is 0 Å². The second-order valence-electron chi connectivity index (χ2n) is 1.94. The van der Waals surface area contributed by atoms with E-state index in [1.54, 1.807) is 0 Å². The van der Waals surface area contributed by atoms with Crippen LogP contribution in [0.2, 0.25) is 5.02 Å². The molecule has 1 rings (SSSR count). The molecule has 0 fully saturated rings. The molecular formula is C7H5ClKO3. The number of hydrogen-bond donors (Lipinski definition) is 2. The van der Waals surface area contributed by atoms with Gasteiger partial charge in [-0.05, 0) is 12.1 Å². The minimum atomic E-state index is -1.19. The molecule has 2 N–H and O–H groups in total. The first-order valence-electron chi connectivity index (χ1n) is 2.83. The molecule has 3 nitrogen and oxygen atoms in total. The normalized spacial score (nSPS) is 8.75.